The van der Waals surface area contributed by atoms with Gasteiger partial charge in [-0.25, -0.2) is 0 Å². The Morgan fingerprint density at radius 2 is 1.95 bits per heavy atom. The molecule has 2 rings (SSSR count). The number of fused-ring (bicyclic) bond motifs is 1. The number of nitrogens with one attached hydrogen (secondary N) is 1. The first kappa shape index (κ1) is 15.1. The van der Waals surface area contributed by atoms with Crippen molar-refractivity contribution in [1.82, 2.24) is 5.32 Å². The quantitative estimate of drug-likeness (QED) is 0.869. The summed E-state index contributed by atoms with van der Waals surface area (Å²) in [5.74, 6) is 1.65. The molecule has 0 aromatic heterocycles. The van der Waals surface area contributed by atoms with E-state index in [0.29, 0.717) is 19.8 Å². The van der Waals surface area contributed by atoms with Crippen molar-refractivity contribution in [1.29, 1.82) is 0 Å². The number of hydrogen-bond donors (Lipinski definition) is 1. The smallest absolute Gasteiger partial charge is 0.161 e. The Kier molecular flexibility index (Phi) is 4.89. The fourth-order valence-corrected chi connectivity index (χ4v) is 2.03. The Morgan fingerprint density at radius 1 is 1.25 bits per heavy atom. The molecule has 1 N–H and O–H groups in total. The van der Waals surface area contributed by atoms with Crippen LogP contribution in [-0.2, 0) is 4.74 Å². The second-order valence-corrected chi connectivity index (χ2v) is 5.67. The minimum atomic E-state index is -0.0943. The molecule has 0 amide bonds. The van der Waals surface area contributed by atoms with Gasteiger partial charge in [-0.3, -0.25) is 0 Å². The van der Waals surface area contributed by atoms with Crippen LogP contribution in [0.25, 0.3) is 0 Å². The molecule has 0 spiro atoms. The summed E-state index contributed by atoms with van der Waals surface area (Å²) >= 11 is 0. The molecular weight excluding hydrogens is 254 g/mol. The van der Waals surface area contributed by atoms with Gasteiger partial charge in [-0.15, -0.1) is 0 Å². The lowest BCUT2D eigenvalue weighted by Gasteiger charge is -2.27. The molecule has 0 aliphatic carbocycles. The Bertz CT molecular complexity index is 445. The first-order valence-electron chi connectivity index (χ1n) is 7.26. The summed E-state index contributed by atoms with van der Waals surface area (Å²) in [7, 11) is 1.95. The molecular formula is C16H25NO3. The molecule has 1 aromatic rings. The largest absolute Gasteiger partial charge is 0.486 e. The van der Waals surface area contributed by atoms with Crippen LogP contribution in [0.5, 0.6) is 11.5 Å². The topological polar surface area (TPSA) is 39.7 Å². The molecule has 0 bridgehead atoms. The van der Waals surface area contributed by atoms with E-state index in [4.69, 9.17) is 14.2 Å². The molecule has 4 nitrogen and oxygen atoms in total. The Balaban J connectivity index is 2.07. The molecule has 1 unspecified atom stereocenters. The number of benzene rings is 1. The molecule has 20 heavy (non-hydrogen) atoms. The zero-order chi connectivity index (χ0) is 14.6. The normalized spacial score (nSPS) is 16.0. The average molecular weight is 279 g/mol. The van der Waals surface area contributed by atoms with Crippen LogP contribution in [-0.4, -0.2) is 32.5 Å². The first-order chi connectivity index (χ1) is 9.55. The van der Waals surface area contributed by atoms with Crippen molar-refractivity contribution in [3.05, 3.63) is 23.8 Å². The van der Waals surface area contributed by atoms with Gasteiger partial charge in [0.25, 0.3) is 0 Å². The first-order valence-corrected chi connectivity index (χ1v) is 7.26. The molecule has 1 aliphatic rings. The van der Waals surface area contributed by atoms with Gasteiger partial charge >= 0.3 is 0 Å². The molecule has 1 heterocycles. The molecule has 0 fully saturated rings. The van der Waals surface area contributed by atoms with E-state index in [0.717, 1.165) is 23.5 Å². The molecule has 4 heteroatoms. The highest BCUT2D eigenvalue weighted by molar-refractivity contribution is 5.44. The summed E-state index contributed by atoms with van der Waals surface area (Å²) < 4.78 is 17.2. The number of likely N-dealkylation sites (N-methyl/N-ethyl adjacent to an activating group) is 1. The maximum absolute atomic E-state index is 6.00. The molecule has 0 saturated heterocycles. The van der Waals surface area contributed by atoms with Crippen LogP contribution in [0, 0.1) is 0 Å². The summed E-state index contributed by atoms with van der Waals surface area (Å²) in [6.45, 7) is 8.23. The van der Waals surface area contributed by atoms with Crippen molar-refractivity contribution in [2.45, 2.75) is 38.8 Å². The summed E-state index contributed by atoms with van der Waals surface area (Å²) in [6, 6.07) is 6.23. The average Bonchev–Trinajstić information content (AvgIpc) is 2.47. The predicted octanol–water partition coefficient (Wildman–Crippen LogP) is 2.92. The third-order valence-corrected chi connectivity index (χ3v) is 3.81. The van der Waals surface area contributed by atoms with Crippen LogP contribution in [0.4, 0.5) is 0 Å². The minimum absolute atomic E-state index is 0.0943. The SMILES string of the molecule is CCC(C)(C)OCC(NC)c1ccc2c(c1)OCCO2. The third kappa shape index (κ3) is 3.64. The number of ether oxygens (including phenoxy) is 3. The van der Waals surface area contributed by atoms with Crippen molar-refractivity contribution in [3.63, 3.8) is 0 Å². The highest BCUT2D eigenvalue weighted by Crippen LogP contribution is 2.33. The summed E-state index contributed by atoms with van der Waals surface area (Å²) in [5, 5.41) is 3.30. The monoisotopic (exact) mass is 279 g/mol. The molecule has 1 aromatic carbocycles. The van der Waals surface area contributed by atoms with Crippen molar-refractivity contribution < 1.29 is 14.2 Å². The van der Waals surface area contributed by atoms with E-state index >= 15 is 0 Å². The van der Waals surface area contributed by atoms with Gasteiger partial charge in [0.2, 0.25) is 0 Å². The van der Waals surface area contributed by atoms with E-state index in [1.54, 1.807) is 0 Å². The van der Waals surface area contributed by atoms with E-state index in [2.05, 4.69) is 32.2 Å². The van der Waals surface area contributed by atoms with Crippen LogP contribution in [0.2, 0.25) is 0 Å². The molecule has 1 atom stereocenters. The maximum Gasteiger partial charge on any atom is 0.161 e. The van der Waals surface area contributed by atoms with Gasteiger partial charge in [-0.05, 0) is 45.0 Å². The van der Waals surface area contributed by atoms with Crippen LogP contribution >= 0.6 is 0 Å². The zero-order valence-electron chi connectivity index (χ0n) is 12.9. The highest BCUT2D eigenvalue weighted by Gasteiger charge is 2.20. The van der Waals surface area contributed by atoms with E-state index in [9.17, 15) is 0 Å². The zero-order valence-corrected chi connectivity index (χ0v) is 12.9. The van der Waals surface area contributed by atoms with Crippen LogP contribution in [0.15, 0.2) is 18.2 Å². The third-order valence-electron chi connectivity index (χ3n) is 3.81. The lowest BCUT2D eigenvalue weighted by Crippen LogP contribution is -2.30. The summed E-state index contributed by atoms with van der Waals surface area (Å²) in [4.78, 5) is 0. The molecule has 0 saturated carbocycles. The Morgan fingerprint density at radius 3 is 2.60 bits per heavy atom. The van der Waals surface area contributed by atoms with Crippen LogP contribution in [0.1, 0.15) is 38.8 Å². The van der Waals surface area contributed by atoms with E-state index in [1.165, 1.54) is 0 Å². The van der Waals surface area contributed by atoms with E-state index < -0.39 is 0 Å². The van der Waals surface area contributed by atoms with Gasteiger partial charge < -0.3 is 19.5 Å². The summed E-state index contributed by atoms with van der Waals surface area (Å²) in [6.07, 6.45) is 0.991. The van der Waals surface area contributed by atoms with Gasteiger partial charge in [-0.2, -0.15) is 0 Å². The maximum atomic E-state index is 6.00. The van der Waals surface area contributed by atoms with Crippen molar-refractivity contribution in [2.75, 3.05) is 26.9 Å². The Hall–Kier alpha value is -1.26. The fourth-order valence-electron chi connectivity index (χ4n) is 2.03. The second-order valence-electron chi connectivity index (χ2n) is 5.67. The summed E-state index contributed by atoms with van der Waals surface area (Å²) in [5.41, 5.74) is 1.06. The fraction of sp³-hybridized carbons (Fsp3) is 0.625. The molecule has 1 aliphatic heterocycles. The van der Waals surface area contributed by atoms with Gasteiger partial charge in [-0.1, -0.05) is 13.0 Å². The highest BCUT2D eigenvalue weighted by atomic mass is 16.6. The lowest BCUT2D eigenvalue weighted by atomic mass is 10.0. The molecule has 0 radical (unpaired) electrons. The van der Waals surface area contributed by atoms with Gasteiger partial charge in [0, 0.05) is 0 Å². The van der Waals surface area contributed by atoms with Gasteiger partial charge in [0.1, 0.15) is 13.2 Å². The predicted molar refractivity (Wildman–Crippen MR) is 79.6 cm³/mol. The Labute approximate surface area is 121 Å². The van der Waals surface area contributed by atoms with Crippen molar-refractivity contribution >= 4 is 0 Å². The lowest BCUT2D eigenvalue weighted by molar-refractivity contribution is -0.0300. The minimum Gasteiger partial charge on any atom is -0.486 e. The van der Waals surface area contributed by atoms with Crippen molar-refractivity contribution in [2.24, 2.45) is 0 Å². The van der Waals surface area contributed by atoms with Gasteiger partial charge in [0.15, 0.2) is 11.5 Å². The second kappa shape index (κ2) is 6.46. The van der Waals surface area contributed by atoms with Crippen molar-refractivity contribution in [3.8, 4) is 11.5 Å². The van der Waals surface area contributed by atoms with Gasteiger partial charge in [0.05, 0.1) is 18.2 Å². The standard InChI is InChI=1S/C16H25NO3/c1-5-16(2,3)20-11-13(17-4)12-6-7-14-15(10-12)19-9-8-18-14/h6-7,10,13,17H,5,8-9,11H2,1-4H3. The van der Waals surface area contributed by atoms with E-state index in [1.807, 2.05) is 19.2 Å². The van der Waals surface area contributed by atoms with Crippen LogP contribution in [0.3, 0.4) is 0 Å². The molecule has 112 valence electrons. The van der Waals surface area contributed by atoms with Crippen LogP contribution < -0.4 is 14.8 Å². The number of rotatable bonds is 6. The number of hydrogen-bond acceptors (Lipinski definition) is 4. The van der Waals surface area contributed by atoms with E-state index in [-0.39, 0.29) is 11.6 Å².